The van der Waals surface area contributed by atoms with Gasteiger partial charge in [-0.15, -0.1) is 0 Å². The first-order chi connectivity index (χ1) is 11.1. The Labute approximate surface area is 135 Å². The Kier molecular flexibility index (Phi) is 4.71. The summed E-state index contributed by atoms with van der Waals surface area (Å²) in [5, 5.41) is 10.7. The number of nitrogens with zero attached hydrogens (tertiary/aromatic N) is 4. The zero-order valence-electron chi connectivity index (χ0n) is 13.4. The number of likely N-dealkylation sites (tertiary alicyclic amines) is 1. The summed E-state index contributed by atoms with van der Waals surface area (Å²) in [7, 11) is 0. The molecule has 0 amide bonds. The van der Waals surface area contributed by atoms with Crippen molar-refractivity contribution in [2.45, 2.75) is 38.8 Å². The van der Waals surface area contributed by atoms with Crippen molar-refractivity contribution in [2.24, 2.45) is 0 Å². The highest BCUT2D eigenvalue weighted by Crippen LogP contribution is 2.20. The van der Waals surface area contributed by atoms with Crippen molar-refractivity contribution in [2.75, 3.05) is 13.1 Å². The van der Waals surface area contributed by atoms with Gasteiger partial charge in [-0.25, -0.2) is 4.98 Å². The molecule has 2 aromatic rings. The van der Waals surface area contributed by atoms with Crippen molar-refractivity contribution >= 4 is 5.69 Å². The van der Waals surface area contributed by atoms with E-state index in [1.807, 2.05) is 31.5 Å². The fourth-order valence-corrected chi connectivity index (χ4v) is 3.28. The minimum atomic E-state index is -0.353. The van der Waals surface area contributed by atoms with Crippen LogP contribution in [0, 0.1) is 17.0 Å². The van der Waals surface area contributed by atoms with E-state index >= 15 is 0 Å². The first-order valence-corrected chi connectivity index (χ1v) is 8.08. The van der Waals surface area contributed by atoms with E-state index in [-0.39, 0.29) is 10.6 Å². The van der Waals surface area contributed by atoms with E-state index in [4.69, 9.17) is 0 Å². The summed E-state index contributed by atoms with van der Waals surface area (Å²) in [5.74, 6) is 1.06. The van der Waals surface area contributed by atoms with E-state index < -0.39 is 0 Å². The molecule has 122 valence electrons. The van der Waals surface area contributed by atoms with Crippen LogP contribution in [0.2, 0.25) is 0 Å². The molecule has 1 aliphatic heterocycles. The molecule has 3 rings (SSSR count). The number of non-ortho nitro benzene ring substituents is 1. The molecule has 0 radical (unpaired) electrons. The van der Waals surface area contributed by atoms with E-state index in [9.17, 15) is 10.1 Å². The quantitative estimate of drug-likeness (QED) is 0.607. The zero-order chi connectivity index (χ0) is 16.2. The third-order valence-electron chi connectivity index (χ3n) is 4.67. The highest BCUT2D eigenvalue weighted by atomic mass is 16.6. The highest BCUT2D eigenvalue weighted by Gasteiger charge is 2.24. The van der Waals surface area contributed by atoms with Gasteiger partial charge in [0.1, 0.15) is 5.82 Å². The van der Waals surface area contributed by atoms with Crippen LogP contribution in [0.5, 0.6) is 0 Å². The van der Waals surface area contributed by atoms with Crippen molar-refractivity contribution in [3.63, 3.8) is 0 Å². The van der Waals surface area contributed by atoms with E-state index in [0.717, 1.165) is 37.4 Å². The van der Waals surface area contributed by atoms with Gasteiger partial charge in [0.15, 0.2) is 0 Å². The minimum absolute atomic E-state index is 0.156. The van der Waals surface area contributed by atoms with Crippen LogP contribution in [0.25, 0.3) is 0 Å². The van der Waals surface area contributed by atoms with Crippen molar-refractivity contribution in [3.8, 4) is 0 Å². The SMILES string of the molecule is Cc1nccn1C[C@@H]1CCCN1CCc1ccc([N+](=O)[O-])cc1. The van der Waals surface area contributed by atoms with Crippen LogP contribution in [0.4, 0.5) is 5.69 Å². The first kappa shape index (κ1) is 15.7. The summed E-state index contributed by atoms with van der Waals surface area (Å²) in [5.41, 5.74) is 1.31. The molecule has 1 saturated heterocycles. The monoisotopic (exact) mass is 314 g/mol. The van der Waals surface area contributed by atoms with E-state index in [1.165, 1.54) is 12.8 Å². The molecule has 0 saturated carbocycles. The van der Waals surface area contributed by atoms with Gasteiger partial charge in [0, 0.05) is 43.7 Å². The third kappa shape index (κ3) is 3.76. The molecule has 23 heavy (non-hydrogen) atoms. The molecule has 2 heterocycles. The van der Waals surface area contributed by atoms with Gasteiger partial charge in [-0.3, -0.25) is 15.0 Å². The molecular weight excluding hydrogens is 292 g/mol. The first-order valence-electron chi connectivity index (χ1n) is 8.08. The average molecular weight is 314 g/mol. The molecule has 1 aliphatic rings. The molecule has 0 aliphatic carbocycles. The maximum absolute atomic E-state index is 10.7. The largest absolute Gasteiger partial charge is 0.334 e. The Morgan fingerprint density at radius 1 is 1.35 bits per heavy atom. The molecule has 1 aromatic carbocycles. The maximum atomic E-state index is 10.7. The van der Waals surface area contributed by atoms with Gasteiger partial charge >= 0.3 is 0 Å². The lowest BCUT2D eigenvalue weighted by atomic mass is 10.1. The Bertz CT molecular complexity index is 665. The van der Waals surface area contributed by atoms with Crippen LogP contribution in [-0.4, -0.2) is 38.5 Å². The van der Waals surface area contributed by atoms with Crippen molar-refractivity contribution in [1.82, 2.24) is 14.5 Å². The van der Waals surface area contributed by atoms with Gasteiger partial charge in [0.25, 0.3) is 5.69 Å². The fraction of sp³-hybridized carbons (Fsp3) is 0.471. The lowest BCUT2D eigenvalue weighted by Crippen LogP contribution is -2.34. The second-order valence-corrected chi connectivity index (χ2v) is 6.13. The van der Waals surface area contributed by atoms with Crippen molar-refractivity contribution in [3.05, 3.63) is 58.2 Å². The van der Waals surface area contributed by atoms with Crippen molar-refractivity contribution in [1.29, 1.82) is 0 Å². The predicted molar refractivity (Wildman–Crippen MR) is 88.4 cm³/mol. The second-order valence-electron chi connectivity index (χ2n) is 6.13. The van der Waals surface area contributed by atoms with E-state index in [2.05, 4.69) is 14.5 Å². The zero-order valence-corrected chi connectivity index (χ0v) is 13.4. The molecular formula is C17H22N4O2. The smallest absolute Gasteiger partial charge is 0.269 e. The summed E-state index contributed by atoms with van der Waals surface area (Å²) in [6.45, 7) is 5.16. The molecule has 6 heteroatoms. The number of hydrogen-bond donors (Lipinski definition) is 0. The van der Waals surface area contributed by atoms with E-state index in [1.54, 1.807) is 12.1 Å². The Morgan fingerprint density at radius 2 is 2.13 bits per heavy atom. The molecule has 6 nitrogen and oxygen atoms in total. The number of nitro benzene ring substituents is 1. The second kappa shape index (κ2) is 6.91. The molecule has 1 aromatic heterocycles. The van der Waals surface area contributed by atoms with Crippen LogP contribution >= 0.6 is 0 Å². The number of benzene rings is 1. The summed E-state index contributed by atoms with van der Waals surface area (Å²) in [4.78, 5) is 17.2. The molecule has 0 unspecified atom stereocenters. The van der Waals surface area contributed by atoms with Gasteiger partial charge in [-0.05, 0) is 38.3 Å². The van der Waals surface area contributed by atoms with Gasteiger partial charge in [0.05, 0.1) is 4.92 Å². The maximum Gasteiger partial charge on any atom is 0.269 e. The minimum Gasteiger partial charge on any atom is -0.334 e. The van der Waals surface area contributed by atoms with Gasteiger partial charge in [-0.1, -0.05) is 12.1 Å². The average Bonchev–Trinajstić information content (AvgIpc) is 3.16. The number of imidazole rings is 1. The fourth-order valence-electron chi connectivity index (χ4n) is 3.28. The summed E-state index contributed by atoms with van der Waals surface area (Å²) >= 11 is 0. The van der Waals surface area contributed by atoms with Gasteiger partial charge in [0.2, 0.25) is 0 Å². The lowest BCUT2D eigenvalue weighted by Gasteiger charge is -2.25. The van der Waals surface area contributed by atoms with E-state index in [0.29, 0.717) is 6.04 Å². The Balaban J connectivity index is 1.56. The number of hydrogen-bond acceptors (Lipinski definition) is 4. The summed E-state index contributed by atoms with van der Waals surface area (Å²) in [6, 6.07) is 7.46. The normalized spacial score (nSPS) is 18.4. The van der Waals surface area contributed by atoms with Crippen LogP contribution in [0.3, 0.4) is 0 Å². The predicted octanol–water partition coefficient (Wildman–Crippen LogP) is 2.81. The van der Waals surface area contributed by atoms with Gasteiger partial charge in [-0.2, -0.15) is 0 Å². The van der Waals surface area contributed by atoms with Crippen LogP contribution in [-0.2, 0) is 13.0 Å². The summed E-state index contributed by atoms with van der Waals surface area (Å²) in [6.07, 6.45) is 7.28. The number of rotatable bonds is 6. The molecule has 0 spiro atoms. The molecule has 1 atom stereocenters. The van der Waals surface area contributed by atoms with Gasteiger partial charge < -0.3 is 4.57 Å². The lowest BCUT2D eigenvalue weighted by molar-refractivity contribution is -0.384. The standard InChI is InChI=1S/C17H22N4O2/c1-14-18-9-12-20(14)13-17-3-2-10-19(17)11-8-15-4-6-16(7-5-15)21(22)23/h4-7,9,12,17H,2-3,8,10-11,13H2,1H3/t17-/m0/s1. The molecule has 0 bridgehead atoms. The third-order valence-corrected chi connectivity index (χ3v) is 4.67. The number of aryl methyl sites for hydroxylation is 1. The molecule has 1 fully saturated rings. The Hall–Kier alpha value is -2.21. The van der Waals surface area contributed by atoms with Crippen LogP contribution < -0.4 is 0 Å². The van der Waals surface area contributed by atoms with Crippen molar-refractivity contribution < 1.29 is 4.92 Å². The number of aromatic nitrogens is 2. The summed E-state index contributed by atoms with van der Waals surface area (Å²) < 4.78 is 2.22. The topological polar surface area (TPSA) is 64.2 Å². The van der Waals surface area contributed by atoms with Crippen LogP contribution in [0.1, 0.15) is 24.2 Å². The van der Waals surface area contributed by atoms with Crippen LogP contribution in [0.15, 0.2) is 36.7 Å². The molecule has 0 N–H and O–H groups in total. The highest BCUT2D eigenvalue weighted by molar-refractivity contribution is 5.32. The Morgan fingerprint density at radius 3 is 2.78 bits per heavy atom. The number of nitro groups is 1.